The number of rotatable bonds is 13. The number of carbonyl (C=O) groups excluding carboxylic acids is 1. The van der Waals surface area contributed by atoms with Crippen LogP contribution >= 0.6 is 0 Å². The van der Waals surface area contributed by atoms with E-state index in [-0.39, 0.29) is 5.78 Å². The highest BCUT2D eigenvalue weighted by Crippen LogP contribution is 2.19. The van der Waals surface area contributed by atoms with E-state index < -0.39 is 0 Å². The van der Waals surface area contributed by atoms with E-state index in [1.807, 2.05) is 0 Å². The first kappa shape index (κ1) is 24.5. The summed E-state index contributed by atoms with van der Waals surface area (Å²) in [5.74, 6) is 0.863. The highest BCUT2D eigenvalue weighted by molar-refractivity contribution is 5.75. The molecule has 0 spiro atoms. The number of aliphatic hydroxyl groups excluding tert-OH is 1. The van der Waals surface area contributed by atoms with E-state index in [0.29, 0.717) is 58.1 Å². The van der Waals surface area contributed by atoms with E-state index in [4.69, 9.17) is 19.3 Å². The number of ketones is 1. The van der Waals surface area contributed by atoms with Crippen molar-refractivity contribution in [3.8, 4) is 0 Å². The Morgan fingerprint density at radius 1 is 1.04 bits per heavy atom. The van der Waals surface area contributed by atoms with Gasteiger partial charge in [-0.2, -0.15) is 0 Å². The van der Waals surface area contributed by atoms with E-state index in [9.17, 15) is 4.79 Å². The maximum absolute atomic E-state index is 10.6. The third-order valence-electron chi connectivity index (χ3n) is 4.42. The maximum atomic E-state index is 10.6. The van der Waals surface area contributed by atoms with Crippen molar-refractivity contribution < 1.29 is 24.1 Å². The van der Waals surface area contributed by atoms with Crippen molar-refractivity contribution in [2.24, 2.45) is 5.92 Å². The molecule has 150 valence electrons. The summed E-state index contributed by atoms with van der Waals surface area (Å²) in [6, 6.07) is 0. The third kappa shape index (κ3) is 18.1. The number of aliphatic hydroxyl groups is 1. The van der Waals surface area contributed by atoms with Gasteiger partial charge in [0.15, 0.2) is 0 Å². The molecule has 1 unspecified atom stereocenters. The second-order valence-electron chi connectivity index (χ2n) is 6.83. The van der Waals surface area contributed by atoms with Gasteiger partial charge in [-0.1, -0.05) is 39.5 Å². The fourth-order valence-electron chi connectivity index (χ4n) is 2.47. The summed E-state index contributed by atoms with van der Waals surface area (Å²) in [5.41, 5.74) is 0. The Morgan fingerprint density at radius 3 is 2.16 bits per heavy atom. The van der Waals surface area contributed by atoms with Crippen molar-refractivity contribution in [2.75, 3.05) is 39.6 Å². The first-order valence-corrected chi connectivity index (χ1v) is 9.97. The van der Waals surface area contributed by atoms with E-state index >= 15 is 0 Å². The summed E-state index contributed by atoms with van der Waals surface area (Å²) in [7, 11) is 0. The predicted molar refractivity (Wildman–Crippen MR) is 101 cm³/mol. The zero-order chi connectivity index (χ0) is 18.8. The Labute approximate surface area is 154 Å². The summed E-state index contributed by atoms with van der Waals surface area (Å²) in [5, 5.41) is 8.37. The molecular weight excluding hydrogens is 320 g/mol. The van der Waals surface area contributed by atoms with Crippen LogP contribution < -0.4 is 0 Å². The number of Topliss-reactive ketones (excluding diaryl/α,β-unsaturated/α-hetero) is 1. The lowest BCUT2D eigenvalue weighted by Gasteiger charge is -2.21. The summed E-state index contributed by atoms with van der Waals surface area (Å²) in [4.78, 5) is 10.6. The molecule has 0 saturated heterocycles. The minimum atomic E-state index is 0.164. The van der Waals surface area contributed by atoms with Gasteiger partial charge in [0.25, 0.3) is 0 Å². The molecule has 0 aliphatic heterocycles. The molecule has 0 aromatic carbocycles. The lowest BCUT2D eigenvalue weighted by atomic mass is 9.98. The largest absolute Gasteiger partial charge is 0.396 e. The molecular formula is C20H40O5. The quantitative estimate of drug-likeness (QED) is 0.507. The average molecular weight is 361 g/mol. The number of hydrogen-bond donors (Lipinski definition) is 1. The molecule has 1 aliphatic rings. The monoisotopic (exact) mass is 360 g/mol. The Morgan fingerprint density at radius 2 is 1.64 bits per heavy atom. The van der Waals surface area contributed by atoms with Crippen LogP contribution in [-0.2, 0) is 19.0 Å². The summed E-state index contributed by atoms with van der Waals surface area (Å²) >= 11 is 0. The van der Waals surface area contributed by atoms with E-state index in [1.54, 1.807) is 6.92 Å². The fourth-order valence-corrected chi connectivity index (χ4v) is 2.47. The van der Waals surface area contributed by atoms with Crippen molar-refractivity contribution in [2.45, 2.75) is 78.2 Å². The van der Waals surface area contributed by atoms with Crippen LogP contribution in [0.15, 0.2) is 0 Å². The second kappa shape index (κ2) is 18.3. The molecule has 1 rings (SSSR count). The maximum Gasteiger partial charge on any atom is 0.132 e. The van der Waals surface area contributed by atoms with Crippen LogP contribution in [0.1, 0.15) is 72.1 Å². The van der Waals surface area contributed by atoms with E-state index in [0.717, 1.165) is 6.42 Å². The van der Waals surface area contributed by atoms with Crippen LogP contribution in [0.3, 0.4) is 0 Å². The van der Waals surface area contributed by atoms with Gasteiger partial charge in [-0.15, -0.1) is 0 Å². The van der Waals surface area contributed by atoms with Crippen molar-refractivity contribution in [1.82, 2.24) is 0 Å². The van der Waals surface area contributed by atoms with Crippen LogP contribution in [0, 0.1) is 5.92 Å². The normalized spacial score (nSPS) is 16.2. The topological polar surface area (TPSA) is 65.0 Å². The second-order valence-corrected chi connectivity index (χ2v) is 6.83. The molecule has 0 heterocycles. The zero-order valence-electron chi connectivity index (χ0n) is 16.6. The fraction of sp³-hybridized carbons (Fsp3) is 0.950. The standard InChI is InChI=1S/C14H26O4.C6H14O/c1-13(15)7-8-16-9-10-17-11-12-18-14-5-3-2-4-6-14;1-3-6(2)4-5-7/h14H,2-12H2,1H3;6-7H,3-5H2,1-2H3. The van der Waals surface area contributed by atoms with Crippen LogP contribution in [0.25, 0.3) is 0 Å². The van der Waals surface area contributed by atoms with E-state index in [2.05, 4.69) is 13.8 Å². The summed E-state index contributed by atoms with van der Waals surface area (Å²) in [6.45, 7) is 9.14. The van der Waals surface area contributed by atoms with Gasteiger partial charge in [0.05, 0.1) is 39.1 Å². The Hall–Kier alpha value is -0.490. The van der Waals surface area contributed by atoms with Gasteiger partial charge < -0.3 is 19.3 Å². The molecule has 5 heteroatoms. The number of carbonyl (C=O) groups is 1. The minimum Gasteiger partial charge on any atom is -0.396 e. The smallest absolute Gasteiger partial charge is 0.132 e. The third-order valence-corrected chi connectivity index (χ3v) is 4.42. The summed E-state index contributed by atoms with van der Waals surface area (Å²) in [6.07, 6.45) is 9.44. The van der Waals surface area contributed by atoms with Crippen molar-refractivity contribution in [3.63, 3.8) is 0 Å². The van der Waals surface area contributed by atoms with Crippen LogP contribution in [0.4, 0.5) is 0 Å². The minimum absolute atomic E-state index is 0.164. The SMILES string of the molecule is CC(=O)CCOCCOCCOC1CCCCC1.CCC(C)CCO. The molecule has 0 bridgehead atoms. The Kier molecular flexibility index (Phi) is 17.9. The molecule has 5 nitrogen and oxygen atoms in total. The van der Waals surface area contributed by atoms with Gasteiger partial charge in [-0.3, -0.25) is 4.79 Å². The van der Waals surface area contributed by atoms with Crippen LogP contribution in [-0.4, -0.2) is 56.6 Å². The zero-order valence-corrected chi connectivity index (χ0v) is 16.6. The van der Waals surface area contributed by atoms with Gasteiger partial charge in [0.2, 0.25) is 0 Å². The van der Waals surface area contributed by atoms with Crippen LogP contribution in [0.5, 0.6) is 0 Å². The van der Waals surface area contributed by atoms with Gasteiger partial charge in [-0.05, 0) is 32.1 Å². The molecule has 1 atom stereocenters. The van der Waals surface area contributed by atoms with Gasteiger partial charge in [0, 0.05) is 13.0 Å². The summed E-state index contributed by atoms with van der Waals surface area (Å²) < 4.78 is 16.4. The van der Waals surface area contributed by atoms with Gasteiger partial charge in [0.1, 0.15) is 5.78 Å². The predicted octanol–water partition coefficient (Wildman–Crippen LogP) is 3.76. The molecule has 1 N–H and O–H groups in total. The van der Waals surface area contributed by atoms with Crippen molar-refractivity contribution >= 4 is 5.78 Å². The molecule has 0 aromatic heterocycles. The first-order chi connectivity index (χ1) is 12.1. The first-order valence-electron chi connectivity index (χ1n) is 9.97. The van der Waals surface area contributed by atoms with E-state index in [1.165, 1.54) is 38.5 Å². The molecule has 0 aromatic rings. The Balaban J connectivity index is 0.000000697. The van der Waals surface area contributed by atoms with Crippen molar-refractivity contribution in [1.29, 1.82) is 0 Å². The molecule has 25 heavy (non-hydrogen) atoms. The highest BCUT2D eigenvalue weighted by Gasteiger charge is 2.12. The Bertz CT molecular complexity index is 290. The molecule has 1 aliphatic carbocycles. The molecule has 1 saturated carbocycles. The molecule has 0 radical (unpaired) electrons. The number of hydrogen-bond acceptors (Lipinski definition) is 5. The highest BCUT2D eigenvalue weighted by atomic mass is 16.5. The van der Waals surface area contributed by atoms with Crippen molar-refractivity contribution in [3.05, 3.63) is 0 Å². The average Bonchev–Trinajstić information content (AvgIpc) is 2.61. The lowest BCUT2D eigenvalue weighted by Crippen LogP contribution is -2.19. The van der Waals surface area contributed by atoms with Crippen LogP contribution in [0.2, 0.25) is 0 Å². The molecule has 1 fully saturated rings. The van der Waals surface area contributed by atoms with Gasteiger partial charge in [-0.25, -0.2) is 0 Å². The molecule has 0 amide bonds. The lowest BCUT2D eigenvalue weighted by molar-refractivity contribution is -0.118. The van der Waals surface area contributed by atoms with Gasteiger partial charge >= 0.3 is 0 Å². The number of ether oxygens (including phenoxy) is 3.